The molecule has 0 aromatic heterocycles. The van der Waals surface area contributed by atoms with Crippen molar-refractivity contribution in [3.8, 4) is 17.2 Å². The van der Waals surface area contributed by atoms with Crippen LogP contribution in [-0.2, 0) is 25.8 Å². The third-order valence-electron chi connectivity index (χ3n) is 5.18. The van der Waals surface area contributed by atoms with Gasteiger partial charge < -0.3 is 19.5 Å². The van der Waals surface area contributed by atoms with E-state index in [1.807, 2.05) is 12.1 Å². The molecule has 26 heavy (non-hydrogen) atoms. The third kappa shape index (κ3) is 3.96. The van der Waals surface area contributed by atoms with Crippen LogP contribution in [0.2, 0.25) is 0 Å². The van der Waals surface area contributed by atoms with Crippen LogP contribution in [0.15, 0.2) is 24.3 Å². The molecule has 0 aliphatic heterocycles. The van der Waals surface area contributed by atoms with Gasteiger partial charge in [0.15, 0.2) is 11.5 Å². The van der Waals surface area contributed by atoms with Crippen LogP contribution >= 0.6 is 0 Å². The van der Waals surface area contributed by atoms with E-state index in [0.29, 0.717) is 17.2 Å². The minimum absolute atomic E-state index is 0.632. The molecule has 0 amide bonds. The van der Waals surface area contributed by atoms with Gasteiger partial charge in [0.1, 0.15) is 0 Å². The van der Waals surface area contributed by atoms with Crippen molar-refractivity contribution in [1.82, 2.24) is 5.32 Å². The lowest BCUT2D eigenvalue weighted by Crippen LogP contribution is -2.17. The van der Waals surface area contributed by atoms with Crippen LogP contribution in [0.25, 0.3) is 0 Å². The van der Waals surface area contributed by atoms with Crippen molar-refractivity contribution in [2.75, 3.05) is 27.9 Å². The molecule has 4 heteroatoms. The minimum Gasteiger partial charge on any atom is -0.493 e. The Morgan fingerprint density at radius 3 is 2.15 bits per heavy atom. The molecule has 1 N–H and O–H groups in total. The van der Waals surface area contributed by atoms with Gasteiger partial charge in [0, 0.05) is 6.54 Å². The molecule has 0 saturated heterocycles. The minimum atomic E-state index is 0.632. The van der Waals surface area contributed by atoms with Crippen molar-refractivity contribution in [1.29, 1.82) is 0 Å². The van der Waals surface area contributed by atoms with Gasteiger partial charge in [0.05, 0.1) is 21.3 Å². The second-order valence-electron chi connectivity index (χ2n) is 6.86. The number of hydrogen-bond donors (Lipinski definition) is 1. The van der Waals surface area contributed by atoms with Gasteiger partial charge in [-0.1, -0.05) is 12.1 Å². The Balaban J connectivity index is 1.60. The van der Waals surface area contributed by atoms with E-state index in [1.165, 1.54) is 30.4 Å². The number of ether oxygens (including phenoxy) is 3. The summed E-state index contributed by atoms with van der Waals surface area (Å²) in [5.74, 6) is 2.02. The Hall–Kier alpha value is -2.20. The van der Waals surface area contributed by atoms with Gasteiger partial charge in [-0.15, -0.1) is 0 Å². The predicted octanol–water partition coefficient (Wildman–Crippen LogP) is 3.84. The monoisotopic (exact) mass is 355 g/mol. The molecule has 0 radical (unpaired) electrons. The molecule has 1 aliphatic rings. The molecule has 0 atom stereocenters. The Labute approximate surface area is 156 Å². The maximum atomic E-state index is 5.42. The van der Waals surface area contributed by atoms with E-state index in [4.69, 9.17) is 14.2 Å². The zero-order chi connectivity index (χ0) is 18.5. The highest BCUT2D eigenvalue weighted by Crippen LogP contribution is 2.38. The molecule has 0 spiro atoms. The van der Waals surface area contributed by atoms with Crippen LogP contribution in [0.5, 0.6) is 17.2 Å². The van der Waals surface area contributed by atoms with Gasteiger partial charge in [-0.3, -0.25) is 0 Å². The second kappa shape index (κ2) is 8.45. The van der Waals surface area contributed by atoms with Crippen LogP contribution in [-0.4, -0.2) is 27.9 Å². The average Bonchev–Trinajstić information content (AvgIpc) is 3.11. The van der Waals surface area contributed by atoms with E-state index in [9.17, 15) is 0 Å². The summed E-state index contributed by atoms with van der Waals surface area (Å²) in [5.41, 5.74) is 7.10. The summed E-state index contributed by atoms with van der Waals surface area (Å²) in [6, 6.07) is 8.79. The summed E-state index contributed by atoms with van der Waals surface area (Å²) < 4.78 is 16.2. The molecule has 2 aromatic rings. The molecule has 140 valence electrons. The van der Waals surface area contributed by atoms with Gasteiger partial charge in [-0.25, -0.2) is 0 Å². The maximum Gasteiger partial charge on any atom is 0.203 e. The quantitative estimate of drug-likeness (QED) is 0.730. The number of fused-ring (bicyclic) bond motifs is 1. The highest BCUT2D eigenvalue weighted by atomic mass is 16.5. The summed E-state index contributed by atoms with van der Waals surface area (Å²) >= 11 is 0. The Kier molecular flexibility index (Phi) is 6.04. The summed E-state index contributed by atoms with van der Waals surface area (Å²) in [4.78, 5) is 0. The molecule has 0 heterocycles. The molecule has 4 nitrogen and oxygen atoms in total. The van der Waals surface area contributed by atoms with Crippen LogP contribution < -0.4 is 19.5 Å². The first-order valence-corrected chi connectivity index (χ1v) is 9.27. The maximum absolute atomic E-state index is 5.42. The van der Waals surface area contributed by atoms with E-state index in [2.05, 4.69) is 24.4 Å². The molecule has 0 fully saturated rings. The highest BCUT2D eigenvalue weighted by Gasteiger charge is 2.14. The lowest BCUT2D eigenvalue weighted by molar-refractivity contribution is 0.323. The number of benzene rings is 2. The number of rotatable bonds is 8. The Morgan fingerprint density at radius 2 is 1.54 bits per heavy atom. The zero-order valence-electron chi connectivity index (χ0n) is 16.3. The van der Waals surface area contributed by atoms with Crippen LogP contribution in [0, 0.1) is 6.92 Å². The Morgan fingerprint density at radius 1 is 0.885 bits per heavy atom. The normalized spacial score (nSPS) is 12.8. The van der Waals surface area contributed by atoms with E-state index >= 15 is 0 Å². The first-order chi connectivity index (χ1) is 12.7. The summed E-state index contributed by atoms with van der Waals surface area (Å²) in [6.45, 7) is 3.93. The van der Waals surface area contributed by atoms with E-state index in [-0.39, 0.29) is 0 Å². The van der Waals surface area contributed by atoms with Crippen molar-refractivity contribution in [2.24, 2.45) is 0 Å². The highest BCUT2D eigenvalue weighted by molar-refractivity contribution is 5.53. The number of aryl methyl sites for hydroxylation is 3. The molecule has 2 aromatic carbocycles. The molecule has 0 unspecified atom stereocenters. The van der Waals surface area contributed by atoms with Gasteiger partial charge >= 0.3 is 0 Å². The van der Waals surface area contributed by atoms with Crippen molar-refractivity contribution in [3.05, 3.63) is 52.1 Å². The number of nitrogens with one attached hydrogen (secondary N) is 1. The van der Waals surface area contributed by atoms with Gasteiger partial charge in [0.25, 0.3) is 0 Å². The Bertz CT molecular complexity index is 745. The van der Waals surface area contributed by atoms with Crippen molar-refractivity contribution < 1.29 is 14.2 Å². The fourth-order valence-corrected chi connectivity index (χ4v) is 3.76. The largest absolute Gasteiger partial charge is 0.493 e. The topological polar surface area (TPSA) is 39.7 Å². The van der Waals surface area contributed by atoms with Crippen molar-refractivity contribution >= 4 is 0 Å². The predicted molar refractivity (Wildman–Crippen MR) is 105 cm³/mol. The lowest BCUT2D eigenvalue weighted by Gasteiger charge is -2.15. The average molecular weight is 355 g/mol. The van der Waals surface area contributed by atoms with Crippen molar-refractivity contribution in [2.45, 2.75) is 39.2 Å². The van der Waals surface area contributed by atoms with Crippen molar-refractivity contribution in [3.63, 3.8) is 0 Å². The van der Waals surface area contributed by atoms with Gasteiger partial charge in [0.2, 0.25) is 5.75 Å². The lowest BCUT2D eigenvalue weighted by atomic mass is 9.99. The van der Waals surface area contributed by atoms with Gasteiger partial charge in [-0.2, -0.15) is 0 Å². The molecule has 0 bridgehead atoms. The smallest absolute Gasteiger partial charge is 0.203 e. The fraction of sp³-hybridized carbons (Fsp3) is 0.455. The van der Waals surface area contributed by atoms with Crippen LogP contribution in [0.3, 0.4) is 0 Å². The van der Waals surface area contributed by atoms with E-state index in [0.717, 1.165) is 25.1 Å². The van der Waals surface area contributed by atoms with Crippen LogP contribution in [0.1, 0.15) is 34.2 Å². The number of hydrogen-bond acceptors (Lipinski definition) is 4. The number of methoxy groups -OCH3 is 3. The molecule has 0 saturated carbocycles. The summed E-state index contributed by atoms with van der Waals surface area (Å²) in [6.07, 6.45) is 4.83. The van der Waals surface area contributed by atoms with E-state index in [1.54, 1.807) is 32.5 Å². The fourth-order valence-electron chi connectivity index (χ4n) is 3.76. The summed E-state index contributed by atoms with van der Waals surface area (Å²) in [7, 11) is 4.91. The summed E-state index contributed by atoms with van der Waals surface area (Å²) in [5, 5.41) is 3.53. The molecular weight excluding hydrogens is 326 g/mol. The van der Waals surface area contributed by atoms with Gasteiger partial charge in [-0.05, 0) is 79.1 Å². The molecular formula is C22H29NO3. The van der Waals surface area contributed by atoms with E-state index < -0.39 is 0 Å². The first-order valence-electron chi connectivity index (χ1n) is 9.27. The first kappa shape index (κ1) is 18.6. The molecule has 3 rings (SSSR count). The second-order valence-corrected chi connectivity index (χ2v) is 6.86. The SMILES string of the molecule is COc1cc(CNCCc2cc3c(cc2C)CCC3)cc(OC)c1OC. The standard InChI is InChI=1S/C22H29NO3/c1-15-10-18-6-5-7-19(18)13-17(15)8-9-23-14-16-11-20(24-2)22(26-4)21(12-16)25-3/h10-13,23H,5-9,14H2,1-4H3. The zero-order valence-corrected chi connectivity index (χ0v) is 16.3. The molecule has 1 aliphatic carbocycles. The van der Waals surface area contributed by atoms with Crippen LogP contribution in [0.4, 0.5) is 0 Å². The third-order valence-corrected chi connectivity index (χ3v) is 5.18.